The van der Waals surface area contributed by atoms with Crippen LogP contribution >= 0.6 is 0 Å². The first-order valence-electron chi connectivity index (χ1n) is 9.69. The van der Waals surface area contributed by atoms with E-state index < -0.39 is 0 Å². The molecule has 29 heavy (non-hydrogen) atoms. The summed E-state index contributed by atoms with van der Waals surface area (Å²) in [6.07, 6.45) is 0. The minimum absolute atomic E-state index is 0.145. The summed E-state index contributed by atoms with van der Waals surface area (Å²) in [6, 6.07) is 15.1. The van der Waals surface area contributed by atoms with Crippen LogP contribution in [-0.4, -0.2) is 55.0 Å². The van der Waals surface area contributed by atoms with Gasteiger partial charge in [0.25, 0.3) is 0 Å². The number of likely N-dealkylation sites (N-methyl/N-ethyl adjacent to an activating group) is 1. The molecule has 1 aliphatic heterocycles. The summed E-state index contributed by atoms with van der Waals surface area (Å²) in [6.45, 7) is 4.41. The van der Waals surface area contributed by atoms with Gasteiger partial charge in [-0.2, -0.15) is 0 Å². The van der Waals surface area contributed by atoms with Gasteiger partial charge in [-0.15, -0.1) is 0 Å². The molecule has 2 N–H and O–H groups in total. The van der Waals surface area contributed by atoms with E-state index >= 15 is 0 Å². The highest BCUT2D eigenvalue weighted by atomic mass is 16.5. The maximum atomic E-state index is 12.3. The van der Waals surface area contributed by atoms with Crippen LogP contribution in [-0.2, 0) is 17.9 Å². The predicted molar refractivity (Wildman–Crippen MR) is 113 cm³/mol. The molecule has 3 rings (SSSR count). The zero-order valence-corrected chi connectivity index (χ0v) is 17.1. The lowest BCUT2D eigenvalue weighted by Crippen LogP contribution is -2.53. The van der Waals surface area contributed by atoms with Gasteiger partial charge >= 0.3 is 6.03 Å². The summed E-state index contributed by atoms with van der Waals surface area (Å²) in [5, 5.41) is 5.66. The molecule has 7 heteroatoms. The topological polar surface area (TPSA) is 73.9 Å². The van der Waals surface area contributed by atoms with Crippen LogP contribution in [0.15, 0.2) is 48.5 Å². The summed E-state index contributed by atoms with van der Waals surface area (Å²) in [5.74, 6) is 0.928. The maximum Gasteiger partial charge on any atom is 0.319 e. The van der Waals surface area contributed by atoms with Gasteiger partial charge in [-0.05, 0) is 49.4 Å². The standard InChI is InChI=1S/C22H28N4O3/c1-16-13-25(2)15-21(27)26(16)14-18-4-8-19(9-5-18)24-22(28)23-12-17-6-10-20(29-3)11-7-17/h4-11,16H,12-15H2,1-3H3,(H2,23,24,28)/t16-/m1/s1. The third-order valence-electron chi connectivity index (χ3n) is 5.01. The average Bonchev–Trinajstić information content (AvgIpc) is 2.70. The Morgan fingerprint density at radius 1 is 1.10 bits per heavy atom. The van der Waals surface area contributed by atoms with Crippen LogP contribution < -0.4 is 15.4 Å². The van der Waals surface area contributed by atoms with Gasteiger partial charge in [-0.3, -0.25) is 9.69 Å². The van der Waals surface area contributed by atoms with Crippen molar-refractivity contribution in [1.82, 2.24) is 15.1 Å². The number of carbonyl (C=O) groups is 2. The second-order valence-corrected chi connectivity index (χ2v) is 7.42. The molecule has 1 fully saturated rings. The molecule has 3 amide bonds. The molecule has 2 aromatic carbocycles. The normalized spacial score (nSPS) is 17.1. The van der Waals surface area contributed by atoms with Crippen molar-refractivity contribution < 1.29 is 14.3 Å². The van der Waals surface area contributed by atoms with Crippen LogP contribution in [0.4, 0.5) is 10.5 Å². The fourth-order valence-corrected chi connectivity index (χ4v) is 3.42. The Morgan fingerprint density at radius 2 is 1.76 bits per heavy atom. The zero-order chi connectivity index (χ0) is 20.8. The first kappa shape index (κ1) is 20.7. The summed E-state index contributed by atoms with van der Waals surface area (Å²) in [5.41, 5.74) is 2.74. The number of ether oxygens (including phenoxy) is 1. The lowest BCUT2D eigenvalue weighted by molar-refractivity contribution is -0.139. The molecule has 0 radical (unpaired) electrons. The molecular weight excluding hydrogens is 368 g/mol. The Labute approximate surface area is 171 Å². The minimum atomic E-state index is -0.267. The van der Waals surface area contributed by atoms with E-state index in [2.05, 4.69) is 17.6 Å². The van der Waals surface area contributed by atoms with Gasteiger partial charge < -0.3 is 20.3 Å². The van der Waals surface area contributed by atoms with E-state index in [4.69, 9.17) is 4.74 Å². The van der Waals surface area contributed by atoms with E-state index in [0.717, 1.165) is 23.4 Å². The molecule has 0 saturated carbocycles. The Bertz CT molecular complexity index is 836. The molecule has 0 spiro atoms. The van der Waals surface area contributed by atoms with E-state index in [1.807, 2.05) is 65.4 Å². The van der Waals surface area contributed by atoms with E-state index in [-0.39, 0.29) is 18.0 Å². The summed E-state index contributed by atoms with van der Waals surface area (Å²) >= 11 is 0. The largest absolute Gasteiger partial charge is 0.497 e. The van der Waals surface area contributed by atoms with Gasteiger partial charge in [0.2, 0.25) is 5.91 Å². The van der Waals surface area contributed by atoms with Gasteiger partial charge in [0.1, 0.15) is 5.75 Å². The van der Waals surface area contributed by atoms with E-state index in [0.29, 0.717) is 25.3 Å². The fourth-order valence-electron chi connectivity index (χ4n) is 3.42. The van der Waals surface area contributed by atoms with Crippen molar-refractivity contribution in [2.45, 2.75) is 26.1 Å². The van der Waals surface area contributed by atoms with Gasteiger partial charge in [0.05, 0.1) is 13.7 Å². The molecule has 7 nitrogen and oxygen atoms in total. The smallest absolute Gasteiger partial charge is 0.319 e. The maximum absolute atomic E-state index is 12.3. The van der Waals surface area contributed by atoms with E-state index in [1.54, 1.807) is 7.11 Å². The number of anilines is 1. The van der Waals surface area contributed by atoms with Gasteiger partial charge in [0, 0.05) is 31.4 Å². The van der Waals surface area contributed by atoms with E-state index in [1.165, 1.54) is 0 Å². The summed E-state index contributed by atoms with van der Waals surface area (Å²) < 4.78 is 5.12. The number of carbonyl (C=O) groups excluding carboxylic acids is 2. The Balaban J connectivity index is 1.49. The Kier molecular flexibility index (Phi) is 6.72. The highest BCUT2D eigenvalue weighted by molar-refractivity contribution is 5.89. The lowest BCUT2D eigenvalue weighted by atomic mass is 10.1. The van der Waals surface area contributed by atoms with Crippen LogP contribution in [0.5, 0.6) is 5.75 Å². The zero-order valence-electron chi connectivity index (χ0n) is 17.1. The Hall–Kier alpha value is -3.06. The molecule has 0 bridgehead atoms. The molecule has 0 aromatic heterocycles. The monoisotopic (exact) mass is 396 g/mol. The van der Waals surface area contributed by atoms with Crippen molar-refractivity contribution >= 4 is 17.6 Å². The highest BCUT2D eigenvalue weighted by Crippen LogP contribution is 2.16. The van der Waals surface area contributed by atoms with Crippen LogP contribution in [0, 0.1) is 0 Å². The van der Waals surface area contributed by atoms with Gasteiger partial charge in [-0.1, -0.05) is 24.3 Å². The first-order chi connectivity index (χ1) is 13.9. The van der Waals surface area contributed by atoms with Crippen molar-refractivity contribution in [3.05, 3.63) is 59.7 Å². The molecule has 1 aliphatic rings. The quantitative estimate of drug-likeness (QED) is 0.787. The third-order valence-corrected chi connectivity index (χ3v) is 5.01. The number of nitrogens with one attached hydrogen (secondary N) is 2. The number of piperazine rings is 1. The number of hydrogen-bond acceptors (Lipinski definition) is 4. The van der Waals surface area contributed by atoms with Crippen LogP contribution in [0.25, 0.3) is 0 Å². The molecular formula is C22H28N4O3. The number of rotatable bonds is 6. The Morgan fingerprint density at radius 3 is 2.38 bits per heavy atom. The van der Waals surface area contributed by atoms with Crippen molar-refractivity contribution in [3.8, 4) is 5.75 Å². The number of methoxy groups -OCH3 is 1. The van der Waals surface area contributed by atoms with Crippen LogP contribution in [0.3, 0.4) is 0 Å². The molecule has 0 unspecified atom stereocenters. The second-order valence-electron chi connectivity index (χ2n) is 7.42. The molecule has 0 aliphatic carbocycles. The second kappa shape index (κ2) is 9.43. The van der Waals surface area contributed by atoms with Crippen molar-refractivity contribution in [1.29, 1.82) is 0 Å². The predicted octanol–water partition coefficient (Wildman–Crippen LogP) is 2.68. The summed E-state index contributed by atoms with van der Waals surface area (Å²) in [4.78, 5) is 28.3. The number of benzene rings is 2. The van der Waals surface area contributed by atoms with E-state index in [9.17, 15) is 9.59 Å². The van der Waals surface area contributed by atoms with Gasteiger partial charge in [0.15, 0.2) is 0 Å². The van der Waals surface area contributed by atoms with Crippen molar-refractivity contribution in [2.24, 2.45) is 0 Å². The van der Waals surface area contributed by atoms with Crippen LogP contribution in [0.2, 0.25) is 0 Å². The number of nitrogens with zero attached hydrogens (tertiary/aromatic N) is 2. The molecule has 154 valence electrons. The van der Waals surface area contributed by atoms with Crippen molar-refractivity contribution in [2.75, 3.05) is 32.6 Å². The third kappa shape index (κ3) is 5.71. The SMILES string of the molecule is COc1ccc(CNC(=O)Nc2ccc(CN3C(=O)CN(C)C[C@H]3C)cc2)cc1. The molecule has 1 saturated heterocycles. The molecule has 1 heterocycles. The van der Waals surface area contributed by atoms with Crippen LogP contribution in [0.1, 0.15) is 18.1 Å². The van der Waals surface area contributed by atoms with Gasteiger partial charge in [-0.25, -0.2) is 4.79 Å². The lowest BCUT2D eigenvalue weighted by Gasteiger charge is -2.38. The number of hydrogen-bond donors (Lipinski definition) is 2. The first-order valence-corrected chi connectivity index (χ1v) is 9.69. The highest BCUT2D eigenvalue weighted by Gasteiger charge is 2.27. The fraction of sp³-hybridized carbons (Fsp3) is 0.364. The average molecular weight is 396 g/mol. The minimum Gasteiger partial charge on any atom is -0.497 e. The molecule has 2 aromatic rings. The number of urea groups is 1. The van der Waals surface area contributed by atoms with Crippen molar-refractivity contribution in [3.63, 3.8) is 0 Å². The summed E-state index contributed by atoms with van der Waals surface area (Å²) in [7, 11) is 3.58. The molecule has 1 atom stereocenters. The number of amides is 3.